The molecule has 1 N–H and O–H groups in total. The largest absolute Gasteiger partial charge is 0.478 e. The lowest BCUT2D eigenvalue weighted by atomic mass is 10.2. The van der Waals surface area contributed by atoms with Crippen molar-refractivity contribution in [2.24, 2.45) is 0 Å². The van der Waals surface area contributed by atoms with Crippen molar-refractivity contribution in [1.82, 2.24) is 0 Å². The minimum Gasteiger partial charge on any atom is -0.478 e. The third-order valence-corrected chi connectivity index (χ3v) is 2.28. The van der Waals surface area contributed by atoms with Gasteiger partial charge in [0.1, 0.15) is 0 Å². The molecule has 0 unspecified atom stereocenters. The van der Waals surface area contributed by atoms with Gasteiger partial charge in [-0.15, -0.1) is 6.42 Å². The van der Waals surface area contributed by atoms with Gasteiger partial charge >= 0.3 is 5.97 Å². The van der Waals surface area contributed by atoms with Crippen LogP contribution in [0.1, 0.15) is 0 Å². The summed E-state index contributed by atoms with van der Waals surface area (Å²) in [4.78, 5) is 10.4. The highest BCUT2D eigenvalue weighted by atomic mass is 32.2. The molecule has 0 atom stereocenters. The predicted octanol–water partition coefficient (Wildman–Crippen LogP) is 0.748. The Morgan fingerprint density at radius 2 is 2.40 bits per heavy atom. The number of hydrogen-bond donors (Lipinski definition) is 1. The lowest BCUT2D eigenvalue weighted by Gasteiger charge is -1.90. The average molecular weight is 154 g/mol. The zero-order valence-corrected chi connectivity index (χ0v) is 6.07. The Hall–Kier alpha value is -0.880. The number of terminal acetylenes is 1. The molecule has 1 rings (SSSR count). The van der Waals surface area contributed by atoms with Gasteiger partial charge in [-0.25, -0.2) is 4.79 Å². The molecule has 1 aliphatic heterocycles. The van der Waals surface area contributed by atoms with E-state index in [1.807, 2.05) is 0 Å². The van der Waals surface area contributed by atoms with E-state index in [1.165, 1.54) is 0 Å². The standard InChI is InChI=1S/C7H6O2S/c1-2-5-3-10-4-6(5)7(8)9/h1H,3-4H2,(H,8,9). The molecule has 0 aromatic carbocycles. The van der Waals surface area contributed by atoms with E-state index in [0.29, 0.717) is 22.7 Å². The van der Waals surface area contributed by atoms with Gasteiger partial charge in [-0.3, -0.25) is 0 Å². The van der Waals surface area contributed by atoms with Crippen molar-refractivity contribution in [2.75, 3.05) is 11.5 Å². The average Bonchev–Trinajstić information content (AvgIpc) is 2.33. The predicted molar refractivity (Wildman–Crippen MR) is 40.8 cm³/mol. The summed E-state index contributed by atoms with van der Waals surface area (Å²) < 4.78 is 0. The summed E-state index contributed by atoms with van der Waals surface area (Å²) >= 11 is 1.55. The highest BCUT2D eigenvalue weighted by Crippen LogP contribution is 2.23. The van der Waals surface area contributed by atoms with Gasteiger partial charge in [0.2, 0.25) is 0 Å². The minimum absolute atomic E-state index is 0.396. The SMILES string of the molecule is C#CC1=C(C(=O)O)CSC1. The van der Waals surface area contributed by atoms with Crippen LogP contribution in [0, 0.1) is 12.3 Å². The Morgan fingerprint density at radius 1 is 1.70 bits per heavy atom. The summed E-state index contributed by atoms with van der Waals surface area (Å²) in [7, 11) is 0. The van der Waals surface area contributed by atoms with Crippen molar-refractivity contribution < 1.29 is 9.90 Å². The maximum absolute atomic E-state index is 10.4. The molecule has 1 aliphatic rings. The maximum Gasteiger partial charge on any atom is 0.333 e. The fraction of sp³-hybridized carbons (Fsp3) is 0.286. The Kier molecular flexibility index (Phi) is 2.03. The minimum atomic E-state index is -0.877. The van der Waals surface area contributed by atoms with Crippen LogP contribution in [0.5, 0.6) is 0 Å². The summed E-state index contributed by atoms with van der Waals surface area (Å²) in [5, 5.41) is 8.55. The van der Waals surface area contributed by atoms with Gasteiger partial charge < -0.3 is 5.11 Å². The molecule has 0 saturated heterocycles. The number of carbonyl (C=O) groups is 1. The molecule has 0 amide bonds. The molecule has 0 bridgehead atoms. The molecule has 0 aromatic heterocycles. The first-order valence-electron chi connectivity index (χ1n) is 2.75. The molecular formula is C7H6O2S. The first kappa shape index (κ1) is 7.23. The first-order chi connectivity index (χ1) is 4.75. The quantitative estimate of drug-likeness (QED) is 0.566. The lowest BCUT2D eigenvalue weighted by molar-refractivity contribution is -0.132. The molecule has 1 heterocycles. The van der Waals surface area contributed by atoms with E-state index in [0.717, 1.165) is 0 Å². The molecule has 0 radical (unpaired) electrons. The van der Waals surface area contributed by atoms with E-state index in [-0.39, 0.29) is 0 Å². The topological polar surface area (TPSA) is 37.3 Å². The van der Waals surface area contributed by atoms with Gasteiger partial charge in [-0.05, 0) is 0 Å². The molecule has 2 nitrogen and oxygen atoms in total. The zero-order chi connectivity index (χ0) is 7.56. The van der Waals surface area contributed by atoms with Crippen LogP contribution in [0.15, 0.2) is 11.1 Å². The summed E-state index contributed by atoms with van der Waals surface area (Å²) in [5.74, 6) is 2.73. The third-order valence-electron chi connectivity index (χ3n) is 1.29. The molecule has 10 heavy (non-hydrogen) atoms. The highest BCUT2D eigenvalue weighted by Gasteiger charge is 2.18. The van der Waals surface area contributed by atoms with Crippen molar-refractivity contribution in [3.63, 3.8) is 0 Å². The molecular weight excluding hydrogens is 148 g/mol. The molecule has 52 valence electrons. The monoisotopic (exact) mass is 154 g/mol. The fourth-order valence-electron chi connectivity index (χ4n) is 0.749. The summed E-state index contributed by atoms with van der Waals surface area (Å²) in [5.41, 5.74) is 1.03. The molecule has 3 heteroatoms. The lowest BCUT2D eigenvalue weighted by Crippen LogP contribution is -2.01. The van der Waals surface area contributed by atoms with Gasteiger partial charge in [0, 0.05) is 17.1 Å². The van der Waals surface area contributed by atoms with Crippen molar-refractivity contribution >= 4 is 17.7 Å². The molecule has 0 aliphatic carbocycles. The van der Waals surface area contributed by atoms with Crippen LogP contribution in [0.4, 0.5) is 0 Å². The summed E-state index contributed by atoms with van der Waals surface area (Å²) in [6.45, 7) is 0. The van der Waals surface area contributed by atoms with Crippen LogP contribution in [-0.4, -0.2) is 22.6 Å². The Morgan fingerprint density at radius 3 is 2.80 bits per heavy atom. The van der Waals surface area contributed by atoms with Gasteiger partial charge in [0.05, 0.1) is 5.57 Å². The highest BCUT2D eigenvalue weighted by molar-refractivity contribution is 8.00. The van der Waals surface area contributed by atoms with E-state index >= 15 is 0 Å². The number of thioether (sulfide) groups is 1. The zero-order valence-electron chi connectivity index (χ0n) is 5.26. The van der Waals surface area contributed by atoms with Crippen LogP contribution >= 0.6 is 11.8 Å². The molecule has 0 fully saturated rings. The second-order valence-electron chi connectivity index (χ2n) is 1.90. The Bertz CT molecular complexity index is 234. The Balaban J connectivity index is 2.91. The summed E-state index contributed by atoms with van der Waals surface area (Å²) in [6, 6.07) is 0. The normalized spacial score (nSPS) is 17.1. The number of rotatable bonds is 1. The van der Waals surface area contributed by atoms with Crippen LogP contribution in [0.3, 0.4) is 0 Å². The van der Waals surface area contributed by atoms with Gasteiger partial charge in [-0.2, -0.15) is 11.8 Å². The van der Waals surface area contributed by atoms with Crippen LogP contribution in [0.25, 0.3) is 0 Å². The van der Waals surface area contributed by atoms with E-state index in [4.69, 9.17) is 11.5 Å². The van der Waals surface area contributed by atoms with Crippen LogP contribution < -0.4 is 0 Å². The smallest absolute Gasteiger partial charge is 0.333 e. The van der Waals surface area contributed by atoms with Crippen molar-refractivity contribution in [1.29, 1.82) is 0 Å². The fourth-order valence-corrected chi connectivity index (χ4v) is 1.81. The van der Waals surface area contributed by atoms with Crippen LogP contribution in [0.2, 0.25) is 0 Å². The number of hydrogen-bond acceptors (Lipinski definition) is 2. The number of aliphatic carboxylic acids is 1. The van der Waals surface area contributed by atoms with E-state index in [2.05, 4.69) is 5.92 Å². The first-order valence-corrected chi connectivity index (χ1v) is 3.91. The van der Waals surface area contributed by atoms with Crippen molar-refractivity contribution in [3.05, 3.63) is 11.1 Å². The van der Waals surface area contributed by atoms with Gasteiger partial charge in [-0.1, -0.05) is 5.92 Å². The number of carboxylic acid groups (broad SMARTS) is 1. The molecule has 0 saturated carbocycles. The van der Waals surface area contributed by atoms with E-state index < -0.39 is 5.97 Å². The van der Waals surface area contributed by atoms with Gasteiger partial charge in [0.25, 0.3) is 0 Å². The van der Waals surface area contributed by atoms with Gasteiger partial charge in [0.15, 0.2) is 0 Å². The Labute approximate surface area is 63.3 Å². The number of carboxylic acids is 1. The summed E-state index contributed by atoms with van der Waals surface area (Å²) in [6.07, 6.45) is 5.08. The van der Waals surface area contributed by atoms with E-state index in [1.54, 1.807) is 11.8 Å². The molecule has 0 spiro atoms. The van der Waals surface area contributed by atoms with E-state index in [9.17, 15) is 4.79 Å². The second kappa shape index (κ2) is 2.80. The maximum atomic E-state index is 10.4. The van der Waals surface area contributed by atoms with Crippen molar-refractivity contribution in [3.8, 4) is 12.3 Å². The second-order valence-corrected chi connectivity index (χ2v) is 2.88. The van der Waals surface area contributed by atoms with Crippen molar-refractivity contribution in [2.45, 2.75) is 0 Å². The molecule has 0 aromatic rings. The third kappa shape index (κ3) is 1.17. The van der Waals surface area contributed by atoms with Crippen LogP contribution in [-0.2, 0) is 4.79 Å².